The number of thiophene rings is 1. The average molecular weight is 336 g/mol. The lowest BCUT2D eigenvalue weighted by molar-refractivity contribution is 0.784. The fourth-order valence-corrected chi connectivity index (χ4v) is 3.84. The molecule has 0 spiro atoms. The zero-order valence-electron chi connectivity index (χ0n) is 10.5. The Balaban J connectivity index is 1.99. The van der Waals surface area contributed by atoms with E-state index in [1.54, 1.807) is 11.3 Å². The second-order valence-electron chi connectivity index (χ2n) is 4.59. The lowest BCUT2D eigenvalue weighted by Gasteiger charge is -2.25. The second-order valence-corrected chi connectivity index (χ2v) is 6.45. The van der Waals surface area contributed by atoms with Crippen LogP contribution in [0, 0.1) is 6.92 Å². The molecular weight excluding hydrogens is 322 g/mol. The first-order valence-corrected chi connectivity index (χ1v) is 7.72. The summed E-state index contributed by atoms with van der Waals surface area (Å²) in [6.07, 6.45) is 0. The van der Waals surface area contributed by atoms with Gasteiger partial charge in [-0.3, -0.25) is 4.99 Å². The lowest BCUT2D eigenvalue weighted by Crippen LogP contribution is -2.35. The van der Waals surface area contributed by atoms with Gasteiger partial charge >= 0.3 is 0 Å². The van der Waals surface area contributed by atoms with Crippen LogP contribution in [-0.4, -0.2) is 12.5 Å². The molecule has 98 valence electrons. The number of hydrogen-bond donors (Lipinski definition) is 1. The summed E-state index contributed by atoms with van der Waals surface area (Å²) in [6.45, 7) is 2.80. The van der Waals surface area contributed by atoms with Crippen LogP contribution in [0.2, 0.25) is 0 Å². The number of aliphatic imine (C=N–C) groups is 1. The first-order valence-electron chi connectivity index (χ1n) is 6.05. The maximum atomic E-state index is 6.06. The summed E-state index contributed by atoms with van der Waals surface area (Å²) in [4.78, 5) is 7.79. The van der Waals surface area contributed by atoms with Crippen molar-refractivity contribution in [1.82, 2.24) is 0 Å². The van der Waals surface area contributed by atoms with Crippen molar-refractivity contribution in [2.45, 2.75) is 13.0 Å². The molecule has 1 aliphatic heterocycles. The van der Waals surface area contributed by atoms with Gasteiger partial charge in [0.15, 0.2) is 5.96 Å². The van der Waals surface area contributed by atoms with Gasteiger partial charge in [-0.15, -0.1) is 11.3 Å². The van der Waals surface area contributed by atoms with Crippen LogP contribution in [0.25, 0.3) is 0 Å². The number of halogens is 1. The highest BCUT2D eigenvalue weighted by Gasteiger charge is 2.29. The molecule has 0 radical (unpaired) electrons. The molecule has 3 nitrogen and oxygen atoms in total. The van der Waals surface area contributed by atoms with Gasteiger partial charge in [0.2, 0.25) is 0 Å². The number of benzene rings is 1. The van der Waals surface area contributed by atoms with Gasteiger partial charge in [0, 0.05) is 20.4 Å². The van der Waals surface area contributed by atoms with Crippen LogP contribution in [0.4, 0.5) is 5.69 Å². The van der Waals surface area contributed by atoms with Crippen LogP contribution in [-0.2, 0) is 0 Å². The lowest BCUT2D eigenvalue weighted by atomic mass is 10.1. The van der Waals surface area contributed by atoms with Gasteiger partial charge < -0.3 is 10.6 Å². The molecule has 0 aliphatic carbocycles. The third-order valence-corrected chi connectivity index (χ3v) is 4.98. The highest BCUT2D eigenvalue weighted by atomic mass is 79.9. The number of hydrogen-bond acceptors (Lipinski definition) is 4. The SMILES string of the molecule is Cc1cccc(N2C(N)=NCC2c2cc(Br)cs2)c1. The van der Waals surface area contributed by atoms with Gasteiger partial charge in [0.05, 0.1) is 12.6 Å². The van der Waals surface area contributed by atoms with E-state index < -0.39 is 0 Å². The van der Waals surface area contributed by atoms with Gasteiger partial charge in [0.25, 0.3) is 0 Å². The smallest absolute Gasteiger partial charge is 0.196 e. The van der Waals surface area contributed by atoms with Crippen molar-refractivity contribution in [1.29, 1.82) is 0 Å². The van der Waals surface area contributed by atoms with Crippen molar-refractivity contribution in [3.8, 4) is 0 Å². The van der Waals surface area contributed by atoms with Crippen LogP contribution in [0.15, 0.2) is 45.2 Å². The van der Waals surface area contributed by atoms with Crippen molar-refractivity contribution in [2.24, 2.45) is 10.7 Å². The maximum Gasteiger partial charge on any atom is 0.196 e. The molecule has 0 saturated carbocycles. The molecule has 2 aromatic rings. The van der Waals surface area contributed by atoms with E-state index in [-0.39, 0.29) is 6.04 Å². The van der Waals surface area contributed by atoms with E-state index in [0.29, 0.717) is 12.5 Å². The van der Waals surface area contributed by atoms with Gasteiger partial charge in [-0.25, -0.2) is 0 Å². The Labute approximate surface area is 124 Å². The topological polar surface area (TPSA) is 41.6 Å². The van der Waals surface area contributed by atoms with Gasteiger partial charge in [-0.1, -0.05) is 12.1 Å². The quantitative estimate of drug-likeness (QED) is 0.909. The van der Waals surface area contributed by atoms with E-state index in [1.165, 1.54) is 10.4 Å². The molecule has 1 unspecified atom stereocenters. The van der Waals surface area contributed by atoms with Gasteiger partial charge in [0.1, 0.15) is 0 Å². The normalized spacial score (nSPS) is 18.7. The average Bonchev–Trinajstić information content (AvgIpc) is 2.95. The first-order chi connectivity index (χ1) is 9.15. The fourth-order valence-electron chi connectivity index (χ4n) is 2.31. The molecule has 2 N–H and O–H groups in total. The minimum atomic E-state index is 0.207. The number of rotatable bonds is 2. The minimum Gasteiger partial charge on any atom is -0.369 e. The highest BCUT2D eigenvalue weighted by molar-refractivity contribution is 9.10. The van der Waals surface area contributed by atoms with Crippen molar-refractivity contribution < 1.29 is 0 Å². The van der Waals surface area contributed by atoms with Gasteiger partial charge in [-0.2, -0.15) is 0 Å². The summed E-state index contributed by atoms with van der Waals surface area (Å²) >= 11 is 5.24. The zero-order valence-corrected chi connectivity index (χ0v) is 12.9. The van der Waals surface area contributed by atoms with Crippen LogP contribution >= 0.6 is 27.3 Å². The standard InChI is InChI=1S/C14H14BrN3S/c1-9-3-2-4-11(5-9)18-12(7-17-14(18)16)13-6-10(15)8-19-13/h2-6,8,12H,7H2,1H3,(H2,16,17). The number of nitrogens with two attached hydrogens (primary N) is 1. The van der Waals surface area contributed by atoms with Gasteiger partial charge in [-0.05, 0) is 46.6 Å². The molecule has 0 bridgehead atoms. The fraction of sp³-hybridized carbons (Fsp3) is 0.214. The van der Waals surface area contributed by atoms with Crippen LogP contribution < -0.4 is 10.6 Å². The predicted octanol–water partition coefficient (Wildman–Crippen LogP) is 3.70. The molecule has 0 fully saturated rings. The Kier molecular flexibility index (Phi) is 3.33. The van der Waals surface area contributed by atoms with Crippen molar-refractivity contribution >= 4 is 38.9 Å². The van der Waals surface area contributed by atoms with E-state index in [0.717, 1.165) is 10.2 Å². The second kappa shape index (κ2) is 4.98. The Morgan fingerprint density at radius 3 is 2.95 bits per heavy atom. The molecule has 1 aromatic carbocycles. The molecule has 0 saturated heterocycles. The van der Waals surface area contributed by atoms with E-state index in [4.69, 9.17) is 5.73 Å². The predicted molar refractivity (Wildman–Crippen MR) is 84.9 cm³/mol. The summed E-state index contributed by atoms with van der Waals surface area (Å²) in [6, 6.07) is 10.7. The largest absolute Gasteiger partial charge is 0.369 e. The van der Waals surface area contributed by atoms with E-state index in [2.05, 4.69) is 68.5 Å². The Hall–Kier alpha value is -1.33. The van der Waals surface area contributed by atoms with Crippen molar-refractivity contribution in [2.75, 3.05) is 11.4 Å². The van der Waals surface area contributed by atoms with Crippen molar-refractivity contribution in [3.05, 3.63) is 50.6 Å². The highest BCUT2D eigenvalue weighted by Crippen LogP contribution is 2.35. The van der Waals surface area contributed by atoms with Crippen molar-refractivity contribution in [3.63, 3.8) is 0 Å². The molecule has 0 amide bonds. The number of aryl methyl sites for hydroxylation is 1. The van der Waals surface area contributed by atoms with Crippen LogP contribution in [0.5, 0.6) is 0 Å². The molecule has 1 aliphatic rings. The number of guanidine groups is 1. The molecule has 2 heterocycles. The monoisotopic (exact) mass is 335 g/mol. The molecule has 1 aromatic heterocycles. The molecule has 19 heavy (non-hydrogen) atoms. The van der Waals surface area contributed by atoms with E-state index in [9.17, 15) is 0 Å². The molecular formula is C14H14BrN3S. The third-order valence-electron chi connectivity index (χ3n) is 3.18. The summed E-state index contributed by atoms with van der Waals surface area (Å²) < 4.78 is 1.11. The van der Waals surface area contributed by atoms with E-state index in [1.807, 2.05) is 0 Å². The summed E-state index contributed by atoms with van der Waals surface area (Å²) in [5.74, 6) is 0.597. The Morgan fingerprint density at radius 2 is 2.26 bits per heavy atom. The minimum absolute atomic E-state index is 0.207. The first kappa shape index (κ1) is 12.7. The molecule has 3 rings (SSSR count). The van der Waals surface area contributed by atoms with Crippen LogP contribution in [0.1, 0.15) is 16.5 Å². The number of nitrogens with zero attached hydrogens (tertiary/aromatic N) is 2. The Morgan fingerprint density at radius 1 is 1.42 bits per heavy atom. The summed E-state index contributed by atoms with van der Waals surface area (Å²) in [7, 11) is 0. The number of anilines is 1. The molecule has 1 atom stereocenters. The molecule has 5 heteroatoms. The van der Waals surface area contributed by atoms with Crippen LogP contribution in [0.3, 0.4) is 0 Å². The Bertz CT molecular complexity index is 635. The maximum absolute atomic E-state index is 6.06. The third kappa shape index (κ3) is 2.40. The summed E-state index contributed by atoms with van der Waals surface area (Å²) in [5, 5.41) is 2.10. The zero-order chi connectivity index (χ0) is 13.4. The van der Waals surface area contributed by atoms with E-state index >= 15 is 0 Å². The summed E-state index contributed by atoms with van der Waals surface area (Å²) in [5.41, 5.74) is 8.39.